The van der Waals surface area contributed by atoms with Crippen LogP contribution in [0.1, 0.15) is 31.0 Å². The molecule has 0 radical (unpaired) electrons. The summed E-state index contributed by atoms with van der Waals surface area (Å²) >= 11 is 4.73. The summed E-state index contributed by atoms with van der Waals surface area (Å²) in [5.41, 5.74) is 2.34. The van der Waals surface area contributed by atoms with Crippen molar-refractivity contribution in [2.45, 2.75) is 19.9 Å². The van der Waals surface area contributed by atoms with Crippen LogP contribution in [0.4, 0.5) is 0 Å². The number of carbonyl (C=O) groups excluding carboxylic acids is 1. The van der Waals surface area contributed by atoms with Crippen LogP contribution in [-0.4, -0.2) is 23.8 Å². The Morgan fingerprint density at radius 1 is 1.21 bits per heavy atom. The topological polar surface area (TPSA) is 69.9 Å². The van der Waals surface area contributed by atoms with Crippen LogP contribution in [0.2, 0.25) is 0 Å². The third kappa shape index (κ3) is 4.83. The second-order valence-corrected chi connectivity index (χ2v) is 9.45. The fraction of sp³-hybridized carbons (Fsp3) is 0.192. The van der Waals surface area contributed by atoms with Crippen LogP contribution in [0.5, 0.6) is 5.75 Å². The minimum absolute atomic E-state index is 0.210. The number of rotatable bonds is 7. The third-order valence-electron chi connectivity index (χ3n) is 5.25. The van der Waals surface area contributed by atoms with E-state index in [1.807, 2.05) is 54.6 Å². The van der Waals surface area contributed by atoms with Gasteiger partial charge in [0.05, 0.1) is 28.5 Å². The summed E-state index contributed by atoms with van der Waals surface area (Å²) in [6.45, 7) is 7.79. The maximum absolute atomic E-state index is 13.6. The lowest BCUT2D eigenvalue weighted by Gasteiger charge is -2.24. The second-order valence-electron chi connectivity index (χ2n) is 7.52. The molecule has 4 rings (SSSR count). The van der Waals surface area contributed by atoms with Crippen LogP contribution in [0.15, 0.2) is 86.7 Å². The van der Waals surface area contributed by atoms with E-state index < -0.39 is 12.0 Å². The molecule has 0 unspecified atom stereocenters. The number of esters is 1. The monoisotopic (exact) mass is 538 g/mol. The average molecular weight is 539 g/mol. The normalized spacial score (nSPS) is 15.5. The first-order chi connectivity index (χ1) is 16.4. The molecule has 2 aromatic carbocycles. The molecule has 174 valence electrons. The summed E-state index contributed by atoms with van der Waals surface area (Å²) in [5, 5.41) is 0. The van der Waals surface area contributed by atoms with Crippen molar-refractivity contribution in [3.63, 3.8) is 0 Å². The van der Waals surface area contributed by atoms with Gasteiger partial charge in [-0.1, -0.05) is 64.2 Å². The molecule has 1 aliphatic heterocycles. The predicted molar refractivity (Wildman–Crippen MR) is 137 cm³/mol. The summed E-state index contributed by atoms with van der Waals surface area (Å²) in [6.07, 6.45) is 3.51. The van der Waals surface area contributed by atoms with E-state index in [9.17, 15) is 9.59 Å². The number of allylic oxidation sites excluding steroid dienone is 1. The SMILES string of the molecule is C=CCOc1ccc([C@@H]2C(C(=O)OCC)=C(C)N=c3s/c(=C\c4ccc(Br)cc4)c(=O)n32)cc1. The Bertz CT molecular complexity index is 1430. The Morgan fingerprint density at radius 3 is 2.56 bits per heavy atom. The number of carbonyl (C=O) groups is 1. The lowest BCUT2D eigenvalue weighted by molar-refractivity contribution is -0.139. The maximum Gasteiger partial charge on any atom is 0.338 e. The highest BCUT2D eigenvalue weighted by atomic mass is 79.9. The van der Waals surface area contributed by atoms with E-state index in [-0.39, 0.29) is 12.2 Å². The summed E-state index contributed by atoms with van der Waals surface area (Å²) in [7, 11) is 0. The van der Waals surface area contributed by atoms with Crippen molar-refractivity contribution in [2.24, 2.45) is 4.99 Å². The van der Waals surface area contributed by atoms with Gasteiger partial charge in [-0.3, -0.25) is 9.36 Å². The molecule has 2 heterocycles. The molecule has 1 atom stereocenters. The molecule has 1 aliphatic rings. The lowest BCUT2D eigenvalue weighted by atomic mass is 9.96. The van der Waals surface area contributed by atoms with Gasteiger partial charge in [-0.2, -0.15) is 0 Å². The molecular formula is C26H23BrN2O4S. The fourth-order valence-corrected chi connectivity index (χ4v) is 5.03. The molecule has 3 aromatic rings. The first-order valence-electron chi connectivity index (χ1n) is 10.7. The van der Waals surface area contributed by atoms with Gasteiger partial charge in [-0.25, -0.2) is 9.79 Å². The van der Waals surface area contributed by atoms with Gasteiger partial charge in [0.1, 0.15) is 12.4 Å². The molecule has 0 aliphatic carbocycles. The zero-order valence-corrected chi connectivity index (χ0v) is 21.2. The first-order valence-corrected chi connectivity index (χ1v) is 12.3. The molecule has 6 nitrogen and oxygen atoms in total. The predicted octanol–water partition coefficient (Wildman–Crippen LogP) is 4.13. The van der Waals surface area contributed by atoms with Gasteiger partial charge >= 0.3 is 5.97 Å². The number of nitrogens with zero attached hydrogens (tertiary/aromatic N) is 2. The second kappa shape index (κ2) is 10.4. The van der Waals surface area contributed by atoms with Crippen molar-refractivity contribution in [2.75, 3.05) is 13.2 Å². The van der Waals surface area contributed by atoms with Crippen molar-refractivity contribution >= 4 is 39.3 Å². The zero-order chi connectivity index (χ0) is 24.2. The Kier molecular flexibility index (Phi) is 7.29. The number of halogens is 1. The number of ether oxygens (including phenoxy) is 2. The summed E-state index contributed by atoms with van der Waals surface area (Å²) < 4.78 is 14.0. The molecule has 34 heavy (non-hydrogen) atoms. The molecule has 0 bridgehead atoms. The van der Waals surface area contributed by atoms with Crippen LogP contribution >= 0.6 is 27.3 Å². The number of hydrogen-bond acceptors (Lipinski definition) is 6. The summed E-state index contributed by atoms with van der Waals surface area (Å²) in [5.74, 6) is 0.188. The Morgan fingerprint density at radius 2 is 1.91 bits per heavy atom. The van der Waals surface area contributed by atoms with E-state index in [4.69, 9.17) is 9.47 Å². The van der Waals surface area contributed by atoms with E-state index in [2.05, 4.69) is 27.5 Å². The van der Waals surface area contributed by atoms with E-state index in [0.717, 1.165) is 15.6 Å². The summed E-state index contributed by atoms with van der Waals surface area (Å²) in [4.78, 5) is 31.7. The van der Waals surface area contributed by atoms with E-state index in [0.29, 0.717) is 33.0 Å². The standard InChI is InChI=1S/C26H23BrN2O4S/c1-4-14-33-20-12-8-18(9-13-20)23-22(25(31)32-5-2)16(3)28-26-29(23)24(30)21(34-26)15-17-6-10-19(27)11-7-17/h4,6-13,15,23H,1,5,14H2,2-3H3/b21-15-/t23-/m1/s1. The van der Waals surface area contributed by atoms with E-state index in [1.54, 1.807) is 24.5 Å². The molecule has 1 aromatic heterocycles. The number of thiazole rings is 1. The van der Waals surface area contributed by atoms with Crippen LogP contribution in [0.25, 0.3) is 6.08 Å². The number of fused-ring (bicyclic) bond motifs is 1. The minimum Gasteiger partial charge on any atom is -0.490 e. The van der Waals surface area contributed by atoms with E-state index >= 15 is 0 Å². The van der Waals surface area contributed by atoms with Gasteiger partial charge in [0.2, 0.25) is 0 Å². The van der Waals surface area contributed by atoms with Crippen LogP contribution in [0.3, 0.4) is 0 Å². The van der Waals surface area contributed by atoms with Gasteiger partial charge in [0.15, 0.2) is 4.80 Å². The molecule has 0 saturated heterocycles. The number of benzene rings is 2. The molecule has 0 N–H and O–H groups in total. The van der Waals surface area contributed by atoms with Gasteiger partial charge < -0.3 is 9.47 Å². The van der Waals surface area contributed by atoms with Crippen molar-refractivity contribution in [3.05, 3.63) is 108 Å². The number of aromatic nitrogens is 1. The van der Waals surface area contributed by atoms with Crippen LogP contribution in [0, 0.1) is 0 Å². The molecular weight excluding hydrogens is 516 g/mol. The molecule has 0 amide bonds. The maximum atomic E-state index is 13.6. The van der Waals surface area contributed by atoms with Crippen LogP contribution in [-0.2, 0) is 9.53 Å². The summed E-state index contributed by atoms with van der Waals surface area (Å²) in [6, 6.07) is 14.4. The molecule has 0 saturated carbocycles. The van der Waals surface area contributed by atoms with Gasteiger partial charge in [-0.15, -0.1) is 0 Å². The van der Waals surface area contributed by atoms with Crippen molar-refractivity contribution in [1.82, 2.24) is 4.57 Å². The Hall–Kier alpha value is -3.23. The molecule has 0 fully saturated rings. The largest absolute Gasteiger partial charge is 0.490 e. The van der Waals surface area contributed by atoms with Crippen LogP contribution < -0.4 is 19.6 Å². The number of hydrogen-bond donors (Lipinski definition) is 0. The molecule has 8 heteroatoms. The van der Waals surface area contributed by atoms with Gasteiger partial charge in [-0.05, 0) is 55.3 Å². The Labute approximate surface area is 209 Å². The smallest absolute Gasteiger partial charge is 0.338 e. The lowest BCUT2D eigenvalue weighted by Crippen LogP contribution is -2.39. The van der Waals surface area contributed by atoms with Crippen molar-refractivity contribution in [1.29, 1.82) is 0 Å². The first kappa shape index (κ1) is 23.9. The average Bonchev–Trinajstić information content (AvgIpc) is 3.13. The van der Waals surface area contributed by atoms with Crippen molar-refractivity contribution < 1.29 is 14.3 Å². The van der Waals surface area contributed by atoms with Gasteiger partial charge in [0.25, 0.3) is 5.56 Å². The Balaban J connectivity index is 1.88. The minimum atomic E-state index is -0.657. The van der Waals surface area contributed by atoms with Crippen molar-refractivity contribution in [3.8, 4) is 5.75 Å². The van der Waals surface area contributed by atoms with E-state index in [1.165, 1.54) is 11.3 Å². The zero-order valence-electron chi connectivity index (χ0n) is 18.8. The highest BCUT2D eigenvalue weighted by Crippen LogP contribution is 2.31. The fourth-order valence-electron chi connectivity index (χ4n) is 3.72. The third-order valence-corrected chi connectivity index (χ3v) is 6.76. The highest BCUT2D eigenvalue weighted by Gasteiger charge is 2.33. The van der Waals surface area contributed by atoms with Gasteiger partial charge in [0, 0.05) is 4.47 Å². The highest BCUT2D eigenvalue weighted by molar-refractivity contribution is 9.10. The quantitative estimate of drug-likeness (QED) is 0.335. The molecule has 0 spiro atoms.